The van der Waals surface area contributed by atoms with Gasteiger partial charge in [0.2, 0.25) is 11.1 Å². The molecule has 1 aromatic carbocycles. The molecule has 20 heavy (non-hydrogen) atoms. The van der Waals surface area contributed by atoms with E-state index in [-0.39, 0.29) is 12.0 Å². The second kappa shape index (κ2) is 7.28. The molecule has 0 aliphatic heterocycles. The summed E-state index contributed by atoms with van der Waals surface area (Å²) in [4.78, 5) is 13.3. The van der Waals surface area contributed by atoms with E-state index in [0.717, 1.165) is 11.3 Å². The molecule has 3 N–H and O–H groups in total. The topological polar surface area (TPSA) is 86.0 Å². The van der Waals surface area contributed by atoms with E-state index in [0.29, 0.717) is 16.8 Å². The molecule has 0 bridgehead atoms. The third-order valence-electron chi connectivity index (χ3n) is 2.16. The zero-order chi connectivity index (χ0) is 14.4. The van der Waals surface area contributed by atoms with E-state index in [1.54, 1.807) is 0 Å². The molecule has 8 heteroatoms. The Morgan fingerprint density at radius 2 is 2.20 bits per heavy atom. The molecule has 0 unspecified atom stereocenters. The van der Waals surface area contributed by atoms with Gasteiger partial charge in [0, 0.05) is 9.92 Å². The lowest BCUT2D eigenvalue weighted by Gasteiger charge is -2.07. The average Bonchev–Trinajstić information content (AvgIpc) is 2.45. The van der Waals surface area contributed by atoms with Crippen LogP contribution in [0.3, 0.4) is 0 Å². The van der Waals surface area contributed by atoms with Crippen molar-refractivity contribution in [3.8, 4) is 6.01 Å². The Labute approximate surface area is 126 Å². The number of benzene rings is 1. The van der Waals surface area contributed by atoms with Gasteiger partial charge < -0.3 is 4.74 Å². The molecule has 2 aromatic rings. The SMILES string of the molecule is CCCOc1nc(NN)nc(Sc2cccc(Cl)c2)n1. The van der Waals surface area contributed by atoms with Crippen LogP contribution in [0.4, 0.5) is 5.95 Å². The highest BCUT2D eigenvalue weighted by Crippen LogP contribution is 2.28. The van der Waals surface area contributed by atoms with Gasteiger partial charge in [0.05, 0.1) is 6.61 Å². The van der Waals surface area contributed by atoms with E-state index in [1.165, 1.54) is 11.8 Å². The van der Waals surface area contributed by atoms with Gasteiger partial charge in [0.1, 0.15) is 0 Å². The molecule has 0 aliphatic carbocycles. The van der Waals surface area contributed by atoms with Crippen molar-refractivity contribution in [2.75, 3.05) is 12.0 Å². The summed E-state index contributed by atoms with van der Waals surface area (Å²) in [6, 6.07) is 7.67. The summed E-state index contributed by atoms with van der Waals surface area (Å²) in [5, 5.41) is 1.14. The first-order valence-electron chi connectivity index (χ1n) is 6.00. The highest BCUT2D eigenvalue weighted by molar-refractivity contribution is 7.99. The number of nitrogens with two attached hydrogens (primary N) is 1. The van der Waals surface area contributed by atoms with Gasteiger partial charge in [-0.15, -0.1) is 0 Å². The van der Waals surface area contributed by atoms with E-state index >= 15 is 0 Å². The van der Waals surface area contributed by atoms with Crippen molar-refractivity contribution >= 4 is 29.3 Å². The second-order valence-corrected chi connectivity index (χ2v) is 5.25. The van der Waals surface area contributed by atoms with E-state index in [1.807, 2.05) is 31.2 Å². The Hall–Kier alpha value is -1.57. The number of hydrazine groups is 1. The number of nitrogens with zero attached hydrogens (tertiary/aromatic N) is 3. The van der Waals surface area contributed by atoms with Crippen molar-refractivity contribution in [2.24, 2.45) is 5.84 Å². The number of ether oxygens (including phenoxy) is 1. The van der Waals surface area contributed by atoms with E-state index in [2.05, 4.69) is 20.4 Å². The van der Waals surface area contributed by atoms with Gasteiger partial charge >= 0.3 is 6.01 Å². The number of hydrogen-bond acceptors (Lipinski definition) is 7. The molecule has 2 rings (SSSR count). The lowest BCUT2D eigenvalue weighted by Crippen LogP contribution is -2.13. The van der Waals surface area contributed by atoms with Crippen molar-refractivity contribution in [3.63, 3.8) is 0 Å². The number of hydrogen-bond donors (Lipinski definition) is 2. The minimum absolute atomic E-state index is 0.249. The number of nitrogens with one attached hydrogen (secondary N) is 1. The van der Waals surface area contributed by atoms with Crippen LogP contribution in [-0.2, 0) is 0 Å². The summed E-state index contributed by atoms with van der Waals surface area (Å²) >= 11 is 7.30. The molecule has 0 fully saturated rings. The van der Waals surface area contributed by atoms with Crippen LogP contribution >= 0.6 is 23.4 Å². The van der Waals surface area contributed by atoms with Gasteiger partial charge in [-0.3, -0.25) is 5.43 Å². The summed E-state index contributed by atoms with van der Waals surface area (Å²) in [6.07, 6.45) is 0.869. The average molecular weight is 312 g/mol. The van der Waals surface area contributed by atoms with Crippen LogP contribution < -0.4 is 16.0 Å². The Balaban J connectivity index is 2.21. The van der Waals surface area contributed by atoms with Gasteiger partial charge in [-0.25, -0.2) is 5.84 Å². The molecule has 1 heterocycles. The minimum atomic E-state index is 0.249. The Morgan fingerprint density at radius 3 is 2.90 bits per heavy atom. The molecule has 0 atom stereocenters. The summed E-state index contributed by atoms with van der Waals surface area (Å²) < 4.78 is 5.40. The fraction of sp³-hybridized carbons (Fsp3) is 0.250. The van der Waals surface area contributed by atoms with E-state index < -0.39 is 0 Å². The molecule has 0 saturated carbocycles. The summed E-state index contributed by atoms with van der Waals surface area (Å²) in [5.74, 6) is 5.60. The Kier molecular flexibility index (Phi) is 5.40. The number of aromatic nitrogens is 3. The maximum Gasteiger partial charge on any atom is 0.322 e. The van der Waals surface area contributed by atoms with E-state index in [9.17, 15) is 0 Å². The molecule has 0 aliphatic rings. The predicted octanol–water partition coefficient (Wildman–Crippen LogP) is 2.75. The largest absolute Gasteiger partial charge is 0.463 e. The molecule has 0 amide bonds. The molecule has 106 valence electrons. The maximum atomic E-state index is 5.95. The normalized spacial score (nSPS) is 10.3. The predicted molar refractivity (Wildman–Crippen MR) is 79.0 cm³/mol. The molecule has 6 nitrogen and oxygen atoms in total. The highest BCUT2D eigenvalue weighted by Gasteiger charge is 2.08. The van der Waals surface area contributed by atoms with Crippen LogP contribution in [0, 0.1) is 0 Å². The van der Waals surface area contributed by atoms with Crippen LogP contribution in [-0.4, -0.2) is 21.6 Å². The Bertz CT molecular complexity index is 584. The van der Waals surface area contributed by atoms with Gasteiger partial charge in [-0.2, -0.15) is 15.0 Å². The summed E-state index contributed by atoms with van der Waals surface area (Å²) in [6.45, 7) is 2.54. The third kappa shape index (κ3) is 4.22. The van der Waals surface area contributed by atoms with Crippen molar-refractivity contribution < 1.29 is 4.74 Å². The fourth-order valence-electron chi connectivity index (χ4n) is 1.34. The maximum absolute atomic E-state index is 5.95. The number of anilines is 1. The Morgan fingerprint density at radius 1 is 1.35 bits per heavy atom. The fourth-order valence-corrected chi connectivity index (χ4v) is 2.40. The van der Waals surface area contributed by atoms with Crippen LogP contribution in [0.15, 0.2) is 34.3 Å². The van der Waals surface area contributed by atoms with Crippen molar-refractivity contribution in [3.05, 3.63) is 29.3 Å². The summed E-state index contributed by atoms with van der Waals surface area (Å²) in [7, 11) is 0. The molecule has 0 radical (unpaired) electrons. The zero-order valence-corrected chi connectivity index (χ0v) is 12.4. The molecule has 1 aromatic heterocycles. The molecular weight excluding hydrogens is 298 g/mol. The van der Waals surface area contributed by atoms with Crippen LogP contribution in [0.5, 0.6) is 6.01 Å². The standard InChI is InChI=1S/C12H14ClN5OS/c1-2-6-19-11-15-10(18-14)16-12(17-11)20-9-5-3-4-8(13)7-9/h3-5,7H,2,6,14H2,1H3,(H,15,16,17,18). The first-order valence-corrected chi connectivity index (χ1v) is 7.19. The van der Waals surface area contributed by atoms with Gasteiger partial charge in [-0.1, -0.05) is 24.6 Å². The molecule has 0 saturated heterocycles. The third-order valence-corrected chi connectivity index (χ3v) is 3.25. The number of nitrogen functional groups attached to an aromatic ring is 1. The van der Waals surface area contributed by atoms with E-state index in [4.69, 9.17) is 22.2 Å². The van der Waals surface area contributed by atoms with Crippen LogP contribution in [0.2, 0.25) is 5.02 Å². The first-order chi connectivity index (χ1) is 9.71. The number of halogens is 1. The second-order valence-electron chi connectivity index (χ2n) is 3.78. The minimum Gasteiger partial charge on any atom is -0.463 e. The van der Waals surface area contributed by atoms with Crippen molar-refractivity contribution in [1.29, 1.82) is 0 Å². The van der Waals surface area contributed by atoms with Gasteiger partial charge in [-0.05, 0) is 36.4 Å². The molecular formula is C12H14ClN5OS. The lowest BCUT2D eigenvalue weighted by atomic mass is 10.4. The monoisotopic (exact) mass is 311 g/mol. The highest BCUT2D eigenvalue weighted by atomic mass is 35.5. The van der Waals surface area contributed by atoms with Crippen molar-refractivity contribution in [1.82, 2.24) is 15.0 Å². The zero-order valence-electron chi connectivity index (χ0n) is 10.8. The van der Waals surface area contributed by atoms with Gasteiger partial charge in [0.25, 0.3) is 0 Å². The van der Waals surface area contributed by atoms with Crippen molar-refractivity contribution in [2.45, 2.75) is 23.4 Å². The van der Waals surface area contributed by atoms with Gasteiger partial charge in [0.15, 0.2) is 0 Å². The van der Waals surface area contributed by atoms with Crippen LogP contribution in [0.25, 0.3) is 0 Å². The first kappa shape index (κ1) is 14.8. The summed E-state index contributed by atoms with van der Waals surface area (Å²) in [5.41, 5.74) is 2.40. The number of rotatable bonds is 6. The molecule has 0 spiro atoms. The smallest absolute Gasteiger partial charge is 0.322 e. The quantitative estimate of drug-likeness (QED) is 0.626. The van der Waals surface area contributed by atoms with Crippen LogP contribution in [0.1, 0.15) is 13.3 Å². The lowest BCUT2D eigenvalue weighted by molar-refractivity contribution is 0.288.